The lowest BCUT2D eigenvalue weighted by atomic mass is 10.0. The summed E-state index contributed by atoms with van der Waals surface area (Å²) in [5, 5.41) is 0.893. The molecule has 0 aliphatic heterocycles. The number of nitrogens with one attached hydrogen (secondary N) is 2. The maximum Gasteiger partial charge on any atom is 0.269 e. The molecule has 28 heavy (non-hydrogen) atoms. The Morgan fingerprint density at radius 3 is 2.46 bits per heavy atom. The van der Waals surface area contributed by atoms with Crippen molar-refractivity contribution in [2.45, 2.75) is 20.3 Å². The van der Waals surface area contributed by atoms with E-state index < -0.39 is 5.91 Å². The summed E-state index contributed by atoms with van der Waals surface area (Å²) in [4.78, 5) is 24.5. The molecule has 0 radical (unpaired) electrons. The SMILES string of the molecule is COc1ccc(C(=O)NNC(=O)Cc2coc3c(C)c(C)ccc23)cc1OC. The molecular weight excluding hydrogens is 360 g/mol. The number of aryl methyl sites for hydroxylation is 2. The first-order chi connectivity index (χ1) is 13.4. The summed E-state index contributed by atoms with van der Waals surface area (Å²) in [6, 6.07) is 8.67. The van der Waals surface area contributed by atoms with Crippen LogP contribution in [0.1, 0.15) is 27.0 Å². The van der Waals surface area contributed by atoms with Gasteiger partial charge >= 0.3 is 0 Å². The fraction of sp³-hybridized carbons (Fsp3) is 0.238. The standard InChI is InChI=1S/C21H22N2O5/c1-12-5-7-16-15(11-28-20(16)13(12)2)10-19(24)22-23-21(25)14-6-8-17(26-3)18(9-14)27-4/h5-9,11H,10H2,1-4H3,(H,22,24)(H,23,25). The van der Waals surface area contributed by atoms with Crippen molar-refractivity contribution in [2.75, 3.05) is 14.2 Å². The first kappa shape index (κ1) is 19.3. The van der Waals surface area contributed by atoms with Gasteiger partial charge in [-0.25, -0.2) is 0 Å². The molecule has 7 heteroatoms. The highest BCUT2D eigenvalue weighted by Gasteiger charge is 2.15. The van der Waals surface area contributed by atoms with Crippen LogP contribution >= 0.6 is 0 Å². The van der Waals surface area contributed by atoms with Gasteiger partial charge in [-0.2, -0.15) is 0 Å². The minimum atomic E-state index is -0.460. The van der Waals surface area contributed by atoms with Crippen molar-refractivity contribution >= 4 is 22.8 Å². The Labute approximate surface area is 162 Å². The first-order valence-corrected chi connectivity index (χ1v) is 8.72. The Bertz CT molecular complexity index is 1040. The van der Waals surface area contributed by atoms with Crippen molar-refractivity contribution < 1.29 is 23.5 Å². The molecule has 2 N–H and O–H groups in total. The summed E-state index contributed by atoms with van der Waals surface area (Å²) in [5.74, 6) is 0.130. The Balaban J connectivity index is 1.65. The lowest BCUT2D eigenvalue weighted by Gasteiger charge is -2.10. The summed E-state index contributed by atoms with van der Waals surface area (Å²) >= 11 is 0. The number of ether oxygens (including phenoxy) is 2. The average molecular weight is 382 g/mol. The van der Waals surface area contributed by atoms with E-state index in [1.54, 1.807) is 18.4 Å². The highest BCUT2D eigenvalue weighted by molar-refractivity contribution is 5.96. The second kappa shape index (κ2) is 8.04. The third-order valence-electron chi connectivity index (χ3n) is 4.65. The third-order valence-corrected chi connectivity index (χ3v) is 4.65. The van der Waals surface area contributed by atoms with Crippen LogP contribution in [0.5, 0.6) is 11.5 Å². The molecule has 7 nitrogen and oxygen atoms in total. The quantitative estimate of drug-likeness (QED) is 0.662. The Kier molecular flexibility index (Phi) is 5.54. The molecule has 0 saturated heterocycles. The minimum absolute atomic E-state index is 0.0850. The van der Waals surface area contributed by atoms with Gasteiger partial charge in [-0.1, -0.05) is 12.1 Å². The topological polar surface area (TPSA) is 89.8 Å². The lowest BCUT2D eigenvalue weighted by Crippen LogP contribution is -2.42. The van der Waals surface area contributed by atoms with E-state index in [0.29, 0.717) is 17.1 Å². The molecule has 1 aromatic heterocycles. The van der Waals surface area contributed by atoms with Crippen molar-refractivity contribution in [3.63, 3.8) is 0 Å². The maximum absolute atomic E-state index is 12.3. The zero-order valence-electron chi connectivity index (χ0n) is 16.2. The molecule has 0 spiro atoms. The minimum Gasteiger partial charge on any atom is -0.493 e. The molecule has 3 rings (SSSR count). The van der Waals surface area contributed by atoms with Crippen LogP contribution in [-0.4, -0.2) is 26.0 Å². The highest BCUT2D eigenvalue weighted by atomic mass is 16.5. The highest BCUT2D eigenvalue weighted by Crippen LogP contribution is 2.28. The summed E-state index contributed by atoms with van der Waals surface area (Å²) in [5.41, 5.74) is 8.87. The molecular formula is C21H22N2O5. The van der Waals surface area contributed by atoms with Crippen LogP contribution in [-0.2, 0) is 11.2 Å². The van der Waals surface area contributed by atoms with E-state index in [1.807, 2.05) is 26.0 Å². The van der Waals surface area contributed by atoms with E-state index in [4.69, 9.17) is 13.9 Å². The van der Waals surface area contributed by atoms with Gasteiger partial charge in [0.25, 0.3) is 5.91 Å². The molecule has 0 aliphatic carbocycles. The predicted octanol–water partition coefficient (Wildman–Crippen LogP) is 3.07. The van der Waals surface area contributed by atoms with Crippen molar-refractivity contribution in [1.82, 2.24) is 10.9 Å². The summed E-state index contributed by atoms with van der Waals surface area (Å²) in [6.07, 6.45) is 1.66. The number of methoxy groups -OCH3 is 2. The largest absolute Gasteiger partial charge is 0.493 e. The number of furan rings is 1. The van der Waals surface area contributed by atoms with E-state index in [1.165, 1.54) is 20.3 Å². The lowest BCUT2D eigenvalue weighted by molar-refractivity contribution is -0.121. The van der Waals surface area contributed by atoms with Crippen molar-refractivity contribution in [2.24, 2.45) is 0 Å². The number of hydrogen-bond donors (Lipinski definition) is 2. The van der Waals surface area contributed by atoms with Crippen LogP contribution in [0, 0.1) is 13.8 Å². The fourth-order valence-electron chi connectivity index (χ4n) is 2.92. The Hall–Kier alpha value is -3.48. The number of carbonyl (C=O) groups is 2. The van der Waals surface area contributed by atoms with E-state index in [2.05, 4.69) is 10.9 Å². The molecule has 0 atom stereocenters. The van der Waals surface area contributed by atoms with Crippen LogP contribution < -0.4 is 20.3 Å². The number of hydrogen-bond acceptors (Lipinski definition) is 5. The molecule has 0 aliphatic rings. The van der Waals surface area contributed by atoms with Gasteiger partial charge < -0.3 is 13.9 Å². The number of benzene rings is 2. The van der Waals surface area contributed by atoms with Crippen LogP contribution in [0.4, 0.5) is 0 Å². The van der Waals surface area contributed by atoms with Crippen molar-refractivity contribution in [3.8, 4) is 11.5 Å². The van der Waals surface area contributed by atoms with Crippen LogP contribution in [0.15, 0.2) is 41.0 Å². The number of carbonyl (C=O) groups excluding carboxylic acids is 2. The molecule has 0 saturated carbocycles. The van der Waals surface area contributed by atoms with Gasteiger partial charge in [0.05, 0.1) is 26.9 Å². The first-order valence-electron chi connectivity index (χ1n) is 8.72. The smallest absolute Gasteiger partial charge is 0.269 e. The molecule has 3 aromatic rings. The molecule has 0 unspecified atom stereocenters. The van der Waals surface area contributed by atoms with Gasteiger partial charge in [0.15, 0.2) is 11.5 Å². The number of rotatable bonds is 5. The van der Waals surface area contributed by atoms with Crippen LogP contribution in [0.25, 0.3) is 11.0 Å². The number of fused-ring (bicyclic) bond motifs is 1. The zero-order valence-corrected chi connectivity index (χ0v) is 16.2. The third kappa shape index (κ3) is 3.78. The molecule has 146 valence electrons. The second-order valence-corrected chi connectivity index (χ2v) is 6.39. The van der Waals surface area contributed by atoms with E-state index in [-0.39, 0.29) is 12.3 Å². The van der Waals surface area contributed by atoms with Gasteiger partial charge in [-0.05, 0) is 43.2 Å². The zero-order chi connectivity index (χ0) is 20.3. The van der Waals surface area contributed by atoms with Crippen LogP contribution in [0.3, 0.4) is 0 Å². The monoisotopic (exact) mass is 382 g/mol. The number of amides is 2. The fourth-order valence-corrected chi connectivity index (χ4v) is 2.92. The van der Waals surface area contributed by atoms with Gasteiger partial charge in [0.1, 0.15) is 5.58 Å². The van der Waals surface area contributed by atoms with Crippen molar-refractivity contribution in [1.29, 1.82) is 0 Å². The Morgan fingerprint density at radius 2 is 1.75 bits per heavy atom. The van der Waals surface area contributed by atoms with E-state index >= 15 is 0 Å². The normalized spacial score (nSPS) is 10.6. The maximum atomic E-state index is 12.3. The van der Waals surface area contributed by atoms with Gasteiger partial charge in [-0.3, -0.25) is 20.4 Å². The molecule has 1 heterocycles. The average Bonchev–Trinajstić information content (AvgIpc) is 3.11. The molecule has 0 fully saturated rings. The van der Waals surface area contributed by atoms with Crippen molar-refractivity contribution in [3.05, 3.63) is 58.8 Å². The second-order valence-electron chi connectivity index (χ2n) is 6.39. The van der Waals surface area contributed by atoms with E-state index in [0.717, 1.165) is 27.7 Å². The Morgan fingerprint density at radius 1 is 1.00 bits per heavy atom. The van der Waals surface area contributed by atoms with Gasteiger partial charge in [0, 0.05) is 16.5 Å². The molecule has 2 aromatic carbocycles. The summed E-state index contributed by atoms with van der Waals surface area (Å²) < 4.78 is 15.9. The predicted molar refractivity (Wildman–Crippen MR) is 105 cm³/mol. The summed E-state index contributed by atoms with van der Waals surface area (Å²) in [7, 11) is 3.00. The number of hydrazine groups is 1. The van der Waals surface area contributed by atoms with Gasteiger partial charge in [-0.15, -0.1) is 0 Å². The van der Waals surface area contributed by atoms with Crippen LogP contribution in [0.2, 0.25) is 0 Å². The van der Waals surface area contributed by atoms with E-state index in [9.17, 15) is 9.59 Å². The molecule has 2 amide bonds. The molecule has 0 bridgehead atoms. The summed E-state index contributed by atoms with van der Waals surface area (Å²) in [6.45, 7) is 3.99. The van der Waals surface area contributed by atoms with Gasteiger partial charge in [0.2, 0.25) is 5.91 Å².